The summed E-state index contributed by atoms with van der Waals surface area (Å²) in [6, 6.07) is 7.86. The van der Waals surface area contributed by atoms with Gasteiger partial charge in [0.25, 0.3) is 5.56 Å². The molecule has 176 valence electrons. The van der Waals surface area contributed by atoms with Gasteiger partial charge in [0, 0.05) is 34.4 Å². The van der Waals surface area contributed by atoms with Crippen LogP contribution >= 0.6 is 0 Å². The maximum atomic E-state index is 14.3. The maximum Gasteiger partial charge on any atom is 0.433 e. The third kappa shape index (κ3) is 3.68. The lowest BCUT2D eigenvalue weighted by molar-refractivity contribution is -0.143. The van der Waals surface area contributed by atoms with Crippen LogP contribution in [0.25, 0.3) is 16.5 Å². The zero-order chi connectivity index (χ0) is 24.3. The molecule has 0 aliphatic heterocycles. The zero-order valence-corrected chi connectivity index (χ0v) is 17.1. The Morgan fingerprint density at radius 3 is 2.44 bits per heavy atom. The Kier molecular flexibility index (Phi) is 4.74. The van der Waals surface area contributed by atoms with Crippen molar-refractivity contribution in [1.29, 1.82) is 0 Å². The summed E-state index contributed by atoms with van der Waals surface area (Å²) < 4.78 is 82.7. The predicted octanol–water partition coefficient (Wildman–Crippen LogP) is 5.25. The third-order valence-corrected chi connectivity index (χ3v) is 5.76. The lowest BCUT2D eigenvalue weighted by Gasteiger charge is -2.22. The molecule has 2 N–H and O–H groups in total. The van der Waals surface area contributed by atoms with Crippen LogP contribution in [0.2, 0.25) is 0 Å². The topological polar surface area (TPSA) is 75.6 Å². The van der Waals surface area contributed by atoms with E-state index in [1.165, 1.54) is 36.5 Å². The molecule has 1 aliphatic rings. The van der Waals surface area contributed by atoms with E-state index >= 15 is 0 Å². The van der Waals surface area contributed by atoms with Gasteiger partial charge in [-0.1, -0.05) is 6.07 Å². The fourth-order valence-electron chi connectivity index (χ4n) is 4.07. The Hall–Kier alpha value is -3.83. The average Bonchev–Trinajstić information content (AvgIpc) is 3.38. The molecular weight excluding hydrogens is 464 g/mol. The molecule has 0 amide bonds. The first-order valence-corrected chi connectivity index (χ1v) is 10.1. The number of nitrogens with one attached hydrogen (secondary N) is 2. The van der Waals surface area contributed by atoms with Gasteiger partial charge < -0.3 is 10.3 Å². The number of hydrogen-bond acceptors (Lipinski definition) is 4. The first-order chi connectivity index (χ1) is 16.0. The van der Waals surface area contributed by atoms with Crippen molar-refractivity contribution in [2.45, 2.75) is 30.7 Å². The van der Waals surface area contributed by atoms with Gasteiger partial charge in [0.05, 0.1) is 17.4 Å². The minimum absolute atomic E-state index is 0.00241. The molecule has 4 aromatic rings. The molecule has 0 spiro atoms. The fraction of sp³-hybridized carbons (Fsp3) is 0.227. The van der Waals surface area contributed by atoms with Crippen LogP contribution in [0.5, 0.6) is 0 Å². The van der Waals surface area contributed by atoms with Gasteiger partial charge in [-0.05, 0) is 43.2 Å². The summed E-state index contributed by atoms with van der Waals surface area (Å²) in [6.07, 6.45) is -5.65. The number of anilines is 1. The van der Waals surface area contributed by atoms with E-state index in [9.17, 15) is 31.1 Å². The lowest BCUT2D eigenvalue weighted by Crippen LogP contribution is -2.25. The Morgan fingerprint density at radius 2 is 1.76 bits per heavy atom. The van der Waals surface area contributed by atoms with E-state index in [1.807, 2.05) is 0 Å². The van der Waals surface area contributed by atoms with Gasteiger partial charge >= 0.3 is 12.4 Å². The van der Waals surface area contributed by atoms with Crippen molar-refractivity contribution in [3.05, 3.63) is 82.3 Å². The van der Waals surface area contributed by atoms with E-state index in [-0.39, 0.29) is 40.6 Å². The van der Waals surface area contributed by atoms with Crippen LogP contribution in [-0.2, 0) is 17.9 Å². The quantitative estimate of drug-likeness (QED) is 0.392. The molecule has 3 heterocycles. The van der Waals surface area contributed by atoms with Gasteiger partial charge in [-0.15, -0.1) is 0 Å². The van der Waals surface area contributed by atoms with Gasteiger partial charge in [-0.3, -0.25) is 9.78 Å². The summed E-state index contributed by atoms with van der Waals surface area (Å²) in [5.74, 6) is 0. The van der Waals surface area contributed by atoms with E-state index in [0.29, 0.717) is 0 Å². The van der Waals surface area contributed by atoms with E-state index in [0.717, 1.165) is 23.1 Å². The Balaban J connectivity index is 1.63. The summed E-state index contributed by atoms with van der Waals surface area (Å²) in [5.41, 5.74) is -4.05. The number of pyridine rings is 2. The first kappa shape index (κ1) is 22.0. The molecule has 0 atom stereocenters. The molecule has 1 fully saturated rings. The Morgan fingerprint density at radius 1 is 1.00 bits per heavy atom. The van der Waals surface area contributed by atoms with Crippen molar-refractivity contribution < 1.29 is 26.3 Å². The molecule has 1 saturated carbocycles. The van der Waals surface area contributed by atoms with Crippen LogP contribution in [-0.4, -0.2) is 19.7 Å². The molecule has 34 heavy (non-hydrogen) atoms. The third-order valence-electron chi connectivity index (χ3n) is 5.76. The lowest BCUT2D eigenvalue weighted by atomic mass is 10.0. The van der Waals surface area contributed by atoms with E-state index in [1.54, 1.807) is 0 Å². The number of rotatable bonds is 4. The summed E-state index contributed by atoms with van der Waals surface area (Å²) in [6.45, 7) is 0. The molecule has 3 aromatic heterocycles. The molecule has 1 aliphatic carbocycles. The highest BCUT2D eigenvalue weighted by Gasteiger charge is 2.52. The second kappa shape index (κ2) is 7.34. The fourth-order valence-corrected chi connectivity index (χ4v) is 4.07. The molecule has 0 radical (unpaired) electrons. The summed E-state index contributed by atoms with van der Waals surface area (Å²) in [4.78, 5) is 17.9. The molecule has 5 rings (SSSR count). The number of hydrogen-bond donors (Lipinski definition) is 2. The highest BCUT2D eigenvalue weighted by molar-refractivity contribution is 5.89. The predicted molar refractivity (Wildman–Crippen MR) is 110 cm³/mol. The monoisotopic (exact) mass is 479 g/mol. The molecule has 0 saturated heterocycles. The Labute approximate surface area is 187 Å². The van der Waals surface area contributed by atoms with Crippen LogP contribution in [0.3, 0.4) is 0 Å². The highest BCUT2D eigenvalue weighted by Crippen LogP contribution is 2.52. The van der Waals surface area contributed by atoms with Crippen LogP contribution in [0.1, 0.15) is 29.8 Å². The molecule has 6 nitrogen and oxygen atoms in total. The number of H-pyrrole nitrogens is 1. The number of halogens is 6. The summed E-state index contributed by atoms with van der Waals surface area (Å²) >= 11 is 0. The first-order valence-electron chi connectivity index (χ1n) is 10.1. The van der Waals surface area contributed by atoms with Crippen molar-refractivity contribution in [1.82, 2.24) is 19.7 Å². The number of aromatic amines is 1. The summed E-state index contributed by atoms with van der Waals surface area (Å²) in [7, 11) is 0. The second-order valence-electron chi connectivity index (χ2n) is 8.00. The van der Waals surface area contributed by atoms with Gasteiger partial charge in [0.15, 0.2) is 5.69 Å². The SMILES string of the molecule is O=c1[nH]ccc2c(-n3ncc(C4(Nc5ccnc(C(F)(F)F)c5)CC4)c3C(F)(F)F)cccc12. The smallest absolute Gasteiger partial charge is 0.375 e. The highest BCUT2D eigenvalue weighted by atomic mass is 19.4. The van der Waals surface area contributed by atoms with Crippen molar-refractivity contribution in [2.75, 3.05) is 5.32 Å². The second-order valence-corrected chi connectivity index (χ2v) is 8.00. The van der Waals surface area contributed by atoms with Crippen LogP contribution in [0, 0.1) is 0 Å². The average molecular weight is 479 g/mol. The van der Waals surface area contributed by atoms with Crippen molar-refractivity contribution in [3.8, 4) is 5.69 Å². The van der Waals surface area contributed by atoms with E-state index in [4.69, 9.17) is 0 Å². The molecule has 12 heteroatoms. The van der Waals surface area contributed by atoms with Gasteiger partial charge in [0.2, 0.25) is 0 Å². The summed E-state index contributed by atoms with van der Waals surface area (Å²) in [5, 5.41) is 7.29. The standard InChI is InChI=1S/C22H15F6N5O/c23-21(24,25)17-10-12(4-8-29-17)32-20(6-7-20)15-11-31-33(18(15)22(26,27)28)16-3-1-2-14-13(16)5-9-30-19(14)34/h1-5,8-11H,6-7H2,(H,29,32)(H,30,34). The number of nitrogens with zero attached hydrogens (tertiary/aromatic N) is 3. The van der Waals surface area contributed by atoms with Crippen molar-refractivity contribution >= 4 is 16.5 Å². The maximum absolute atomic E-state index is 14.3. The van der Waals surface area contributed by atoms with E-state index in [2.05, 4.69) is 20.4 Å². The van der Waals surface area contributed by atoms with Gasteiger partial charge in [-0.25, -0.2) is 4.68 Å². The van der Waals surface area contributed by atoms with Gasteiger partial charge in [-0.2, -0.15) is 31.4 Å². The molecule has 0 bridgehead atoms. The van der Waals surface area contributed by atoms with E-state index < -0.39 is 34.8 Å². The van der Waals surface area contributed by atoms with Crippen LogP contribution < -0.4 is 10.9 Å². The van der Waals surface area contributed by atoms with Crippen LogP contribution in [0.15, 0.2) is 59.8 Å². The number of alkyl halides is 6. The zero-order valence-electron chi connectivity index (χ0n) is 17.1. The minimum Gasteiger partial charge on any atom is -0.375 e. The molecule has 1 aromatic carbocycles. The number of benzene rings is 1. The molecule has 0 unspecified atom stereocenters. The normalized spacial score (nSPS) is 15.5. The van der Waals surface area contributed by atoms with Gasteiger partial charge in [0.1, 0.15) is 5.69 Å². The van der Waals surface area contributed by atoms with Crippen molar-refractivity contribution in [2.24, 2.45) is 0 Å². The molecular formula is C22H15F6N5O. The minimum atomic E-state index is -4.83. The Bertz CT molecular complexity index is 1450. The largest absolute Gasteiger partial charge is 0.433 e. The number of aromatic nitrogens is 4. The van der Waals surface area contributed by atoms with Crippen molar-refractivity contribution in [3.63, 3.8) is 0 Å². The number of fused-ring (bicyclic) bond motifs is 1. The van der Waals surface area contributed by atoms with Crippen LogP contribution in [0.4, 0.5) is 32.0 Å².